The number of ether oxygens (including phenoxy) is 1. The minimum absolute atomic E-state index is 0.0355. The van der Waals surface area contributed by atoms with Gasteiger partial charge in [-0.25, -0.2) is 18.1 Å². The van der Waals surface area contributed by atoms with Gasteiger partial charge in [0.2, 0.25) is 0 Å². The molecule has 14 nitrogen and oxygen atoms in total. The molecule has 0 aliphatic carbocycles. The number of hydrogen-bond acceptors (Lipinski definition) is 11. The number of rotatable bonds is 15. The molecule has 322 valence electrons. The smallest absolute Gasteiger partial charge is 0.293 e. The zero-order valence-corrected chi connectivity index (χ0v) is 36.6. The second-order valence-electron chi connectivity index (χ2n) is 16.5. The number of carbonyl (C=O) groups is 1. The summed E-state index contributed by atoms with van der Waals surface area (Å²) < 4.78 is 35.8. The number of nitro benzene ring substituents is 1. The number of sulfonamides is 1. The summed E-state index contributed by atoms with van der Waals surface area (Å²) in [7, 11) is -2.48. The quantitative estimate of drug-likeness (QED) is 0.0683. The van der Waals surface area contributed by atoms with E-state index in [9.17, 15) is 23.3 Å². The van der Waals surface area contributed by atoms with Crippen molar-refractivity contribution in [3.8, 4) is 11.5 Å². The molecule has 0 unspecified atom stereocenters. The molecule has 4 heterocycles. The number of carbonyl (C=O) groups excluding carboxylic acids is 1. The third-order valence-corrected chi connectivity index (χ3v) is 13.0. The Bertz CT molecular complexity index is 2510. The normalized spacial score (nSPS) is 16.1. The van der Waals surface area contributed by atoms with Gasteiger partial charge in [0.25, 0.3) is 21.6 Å². The molecule has 3 N–H and O–H groups in total. The predicted octanol–water partition coefficient (Wildman–Crippen LogP) is 8.43. The topological polar surface area (TPSA) is 166 Å². The van der Waals surface area contributed by atoms with Gasteiger partial charge in [-0.1, -0.05) is 43.2 Å². The van der Waals surface area contributed by atoms with Crippen molar-refractivity contribution in [3.63, 3.8) is 0 Å². The highest BCUT2D eigenvalue weighted by Crippen LogP contribution is 2.34. The second-order valence-corrected chi connectivity index (χ2v) is 18.6. The van der Waals surface area contributed by atoms with Gasteiger partial charge in [0.15, 0.2) is 0 Å². The molecule has 2 aliphatic heterocycles. The molecule has 2 aliphatic rings. The molecular formula is C45H53ClN8O6S. The lowest BCUT2D eigenvalue weighted by atomic mass is 9.92. The molecule has 3 aromatic carbocycles. The number of halogens is 1. The first kappa shape index (κ1) is 43.6. The Morgan fingerprint density at radius 1 is 1.00 bits per heavy atom. The number of pyridine rings is 1. The van der Waals surface area contributed by atoms with E-state index in [1.54, 1.807) is 30.5 Å². The van der Waals surface area contributed by atoms with Crippen molar-refractivity contribution in [2.75, 3.05) is 69.6 Å². The highest BCUT2D eigenvalue weighted by molar-refractivity contribution is 7.90. The molecule has 0 spiro atoms. The Labute approximate surface area is 362 Å². The number of aromatic amines is 1. The number of likely N-dealkylation sites (tertiary alicyclic amines) is 1. The summed E-state index contributed by atoms with van der Waals surface area (Å²) in [5.41, 5.74) is 5.10. The number of nitro groups is 1. The largest absolute Gasteiger partial charge is 0.455 e. The van der Waals surface area contributed by atoms with Crippen molar-refractivity contribution >= 4 is 61.2 Å². The highest BCUT2D eigenvalue weighted by atomic mass is 35.5. The monoisotopic (exact) mass is 868 g/mol. The lowest BCUT2D eigenvalue weighted by Gasteiger charge is -2.37. The molecule has 7 rings (SSSR count). The van der Waals surface area contributed by atoms with Crippen LogP contribution in [0.4, 0.5) is 17.1 Å². The van der Waals surface area contributed by atoms with Crippen LogP contribution in [-0.4, -0.2) is 98.4 Å². The van der Waals surface area contributed by atoms with Gasteiger partial charge in [-0.15, -0.1) is 0 Å². The number of hydrogen-bond donors (Lipinski definition) is 3. The number of H-pyrrole nitrogens is 1. The van der Waals surface area contributed by atoms with Crippen LogP contribution in [0.3, 0.4) is 0 Å². The lowest BCUT2D eigenvalue weighted by molar-refractivity contribution is -0.384. The zero-order chi connectivity index (χ0) is 43.3. The molecule has 1 amide bonds. The molecule has 0 saturated carbocycles. The summed E-state index contributed by atoms with van der Waals surface area (Å²) in [6, 6.07) is 20.3. The number of anilines is 2. The number of allylic oxidation sites excluding steroid dienone is 1. The first-order chi connectivity index (χ1) is 29.2. The number of piperidine rings is 1. The van der Waals surface area contributed by atoms with Crippen molar-refractivity contribution < 1.29 is 22.9 Å². The first-order valence-electron chi connectivity index (χ1n) is 20.7. The van der Waals surface area contributed by atoms with Crippen LogP contribution in [0.25, 0.3) is 16.6 Å². The van der Waals surface area contributed by atoms with Gasteiger partial charge in [0, 0.05) is 73.7 Å². The van der Waals surface area contributed by atoms with Crippen LogP contribution >= 0.6 is 11.6 Å². The van der Waals surface area contributed by atoms with E-state index in [1.165, 1.54) is 35.0 Å². The van der Waals surface area contributed by atoms with Gasteiger partial charge in [0.05, 0.1) is 21.6 Å². The fourth-order valence-corrected chi connectivity index (χ4v) is 9.12. The van der Waals surface area contributed by atoms with Crippen LogP contribution in [-0.2, 0) is 10.0 Å². The molecule has 5 aromatic rings. The molecule has 0 atom stereocenters. The zero-order valence-electron chi connectivity index (χ0n) is 35.0. The summed E-state index contributed by atoms with van der Waals surface area (Å²) in [4.78, 5) is 39.3. The Kier molecular flexibility index (Phi) is 13.6. The summed E-state index contributed by atoms with van der Waals surface area (Å²) in [5.74, 6) is 0.366. The Balaban J connectivity index is 1.09. The van der Waals surface area contributed by atoms with Crippen molar-refractivity contribution in [2.24, 2.45) is 11.8 Å². The number of amides is 1. The van der Waals surface area contributed by atoms with Crippen molar-refractivity contribution in [1.29, 1.82) is 0 Å². The van der Waals surface area contributed by atoms with Gasteiger partial charge in [0.1, 0.15) is 22.8 Å². The number of aromatic nitrogens is 2. The van der Waals surface area contributed by atoms with E-state index in [0.29, 0.717) is 47.9 Å². The molecule has 16 heteroatoms. The van der Waals surface area contributed by atoms with Gasteiger partial charge in [-0.3, -0.25) is 19.8 Å². The van der Waals surface area contributed by atoms with Crippen LogP contribution < -0.4 is 19.7 Å². The fourth-order valence-electron chi connectivity index (χ4n) is 8.01. The Morgan fingerprint density at radius 3 is 2.44 bits per heavy atom. The van der Waals surface area contributed by atoms with Crippen molar-refractivity contribution in [1.82, 2.24) is 24.5 Å². The van der Waals surface area contributed by atoms with Gasteiger partial charge < -0.3 is 24.8 Å². The fraction of sp³-hybridized carbons (Fsp3) is 0.378. The maximum atomic E-state index is 13.9. The highest BCUT2D eigenvalue weighted by Gasteiger charge is 2.27. The number of benzene rings is 3. The van der Waals surface area contributed by atoms with Crippen LogP contribution in [0.1, 0.15) is 56.0 Å². The third-order valence-electron chi connectivity index (χ3n) is 11.5. The minimum Gasteiger partial charge on any atom is -0.455 e. The molecule has 61 heavy (non-hydrogen) atoms. The van der Waals surface area contributed by atoms with Crippen LogP contribution in [0.5, 0.6) is 11.5 Å². The average molecular weight is 869 g/mol. The van der Waals surface area contributed by atoms with E-state index >= 15 is 0 Å². The van der Waals surface area contributed by atoms with E-state index in [0.717, 1.165) is 69.1 Å². The van der Waals surface area contributed by atoms with E-state index in [-0.39, 0.29) is 17.0 Å². The molecule has 2 fully saturated rings. The van der Waals surface area contributed by atoms with Gasteiger partial charge in [-0.05, 0) is 118 Å². The van der Waals surface area contributed by atoms with Gasteiger partial charge in [-0.2, -0.15) is 0 Å². The van der Waals surface area contributed by atoms with E-state index in [4.69, 9.17) is 16.3 Å². The number of nitrogens with one attached hydrogen (secondary N) is 3. The molecule has 0 bridgehead atoms. The molecule has 2 aromatic heterocycles. The van der Waals surface area contributed by atoms with Crippen LogP contribution in [0.2, 0.25) is 5.02 Å². The molecule has 0 radical (unpaired) electrons. The standard InChI is InChI=1S/C45H53ClN8O6S/c1-30(2)23-40(33-5-7-35(46)8-6-33)31(3)29-52-19-21-53(22-20-52)36-9-11-39(43(25-36)60-37-24-34-13-16-47-44(34)49-28-37)45(55)50-61(58,59)38-10-12-41(42(26-38)54(56)57)48-27-32-14-17-51(4)18-15-32/h5-13,16,24-26,28,30,32,48H,14-15,17-23,27,29H2,1-4H3,(H,47,49)(H,50,55)/b40-31-. The third kappa shape index (κ3) is 10.9. The van der Waals surface area contributed by atoms with Crippen LogP contribution in [0, 0.1) is 22.0 Å². The maximum absolute atomic E-state index is 13.9. The van der Waals surface area contributed by atoms with E-state index in [1.807, 2.05) is 18.2 Å². The summed E-state index contributed by atoms with van der Waals surface area (Å²) >= 11 is 6.20. The lowest BCUT2D eigenvalue weighted by Crippen LogP contribution is -2.47. The van der Waals surface area contributed by atoms with Crippen LogP contribution in [0.15, 0.2) is 95.7 Å². The van der Waals surface area contributed by atoms with Gasteiger partial charge >= 0.3 is 0 Å². The van der Waals surface area contributed by atoms with E-state index in [2.05, 4.69) is 74.7 Å². The molecular weight excluding hydrogens is 816 g/mol. The van der Waals surface area contributed by atoms with E-state index < -0.39 is 31.4 Å². The molecule has 2 saturated heterocycles. The Hall–Kier alpha value is -5.48. The SMILES string of the molecule is C/C(CN1CCN(c2ccc(C(=O)NS(=O)(=O)c3ccc(NCC4CCN(C)CC4)c([N+](=O)[O-])c3)c(Oc3cnc4[nH]ccc4c3)c2)CC1)=C(\CC(C)C)c1ccc(Cl)cc1. The number of piperazine rings is 1. The predicted molar refractivity (Wildman–Crippen MR) is 241 cm³/mol. The number of fused-ring (bicyclic) bond motifs is 1. The summed E-state index contributed by atoms with van der Waals surface area (Å²) in [6.07, 6.45) is 6.16. The van der Waals surface area contributed by atoms with Crippen molar-refractivity contribution in [2.45, 2.75) is 44.9 Å². The first-order valence-corrected chi connectivity index (χ1v) is 22.5. The maximum Gasteiger partial charge on any atom is 0.293 e. The second kappa shape index (κ2) is 19.1. The number of nitrogens with zero attached hydrogens (tertiary/aromatic N) is 5. The van der Waals surface area contributed by atoms with Crippen molar-refractivity contribution in [3.05, 3.63) is 117 Å². The average Bonchev–Trinajstić information content (AvgIpc) is 3.71. The summed E-state index contributed by atoms with van der Waals surface area (Å²) in [6.45, 7) is 12.9. The minimum atomic E-state index is -4.55. The summed E-state index contributed by atoms with van der Waals surface area (Å²) in [5, 5.41) is 16.8. The Morgan fingerprint density at radius 2 is 1.74 bits per heavy atom.